The van der Waals surface area contributed by atoms with Gasteiger partial charge in [0.15, 0.2) is 0 Å². The van der Waals surface area contributed by atoms with Crippen molar-refractivity contribution < 1.29 is 14.3 Å². The first kappa shape index (κ1) is 17.7. The Morgan fingerprint density at radius 1 is 1.19 bits per heavy atom. The van der Waals surface area contributed by atoms with E-state index in [-0.39, 0.29) is 5.91 Å². The van der Waals surface area contributed by atoms with Crippen LogP contribution in [0.5, 0.6) is 5.75 Å². The van der Waals surface area contributed by atoms with Gasteiger partial charge in [-0.15, -0.1) is 0 Å². The molecule has 0 spiro atoms. The van der Waals surface area contributed by atoms with Gasteiger partial charge in [-0.25, -0.2) is 9.97 Å². The molecule has 2 heterocycles. The summed E-state index contributed by atoms with van der Waals surface area (Å²) in [6, 6.07) is 5.76. The average molecular weight is 355 g/mol. The van der Waals surface area contributed by atoms with Gasteiger partial charge in [-0.3, -0.25) is 9.59 Å². The van der Waals surface area contributed by atoms with E-state index in [2.05, 4.69) is 15.3 Å². The molecule has 0 aliphatic carbocycles. The molecule has 8 nitrogen and oxygen atoms in total. The Kier molecular flexibility index (Phi) is 5.31. The molecule has 26 heavy (non-hydrogen) atoms. The molecular weight excluding hydrogens is 334 g/mol. The van der Waals surface area contributed by atoms with E-state index in [1.807, 2.05) is 25.1 Å². The molecule has 0 saturated carbocycles. The number of hydrogen-bond donors (Lipinski definition) is 1. The summed E-state index contributed by atoms with van der Waals surface area (Å²) in [6.07, 6.45) is 3.82. The van der Waals surface area contributed by atoms with Crippen molar-refractivity contribution in [3.8, 4) is 5.75 Å². The molecule has 1 aromatic carbocycles. The second-order valence-corrected chi connectivity index (χ2v) is 6.06. The van der Waals surface area contributed by atoms with E-state index in [0.717, 1.165) is 17.7 Å². The molecule has 0 bridgehead atoms. The Morgan fingerprint density at radius 2 is 1.88 bits per heavy atom. The van der Waals surface area contributed by atoms with Crippen LogP contribution >= 0.6 is 0 Å². The number of aryl methyl sites for hydroxylation is 1. The smallest absolute Gasteiger partial charge is 0.257 e. The maximum atomic E-state index is 12.5. The molecule has 2 aromatic rings. The Balaban J connectivity index is 1.68. The van der Waals surface area contributed by atoms with Crippen LogP contribution in [0.1, 0.15) is 15.9 Å². The van der Waals surface area contributed by atoms with Crippen molar-refractivity contribution in [2.24, 2.45) is 0 Å². The number of nitrogens with one attached hydrogen (secondary N) is 1. The summed E-state index contributed by atoms with van der Waals surface area (Å²) in [5, 5.41) is 3.11. The summed E-state index contributed by atoms with van der Waals surface area (Å²) in [7, 11) is 1.60. The Labute approximate surface area is 151 Å². The van der Waals surface area contributed by atoms with Crippen molar-refractivity contribution >= 4 is 24.0 Å². The lowest BCUT2D eigenvalue weighted by molar-refractivity contribution is -0.119. The van der Waals surface area contributed by atoms with Gasteiger partial charge in [0.2, 0.25) is 12.4 Å². The zero-order valence-electron chi connectivity index (χ0n) is 14.8. The third-order valence-corrected chi connectivity index (χ3v) is 4.25. The van der Waals surface area contributed by atoms with Crippen LogP contribution in [-0.4, -0.2) is 65.4 Å². The maximum absolute atomic E-state index is 12.5. The monoisotopic (exact) mass is 355 g/mol. The zero-order chi connectivity index (χ0) is 18.5. The van der Waals surface area contributed by atoms with Crippen molar-refractivity contribution in [3.63, 3.8) is 0 Å². The van der Waals surface area contributed by atoms with Gasteiger partial charge >= 0.3 is 0 Å². The lowest BCUT2D eigenvalue weighted by Gasteiger charge is -2.32. The highest BCUT2D eigenvalue weighted by molar-refractivity contribution is 5.93. The number of aromatic nitrogens is 2. The number of amides is 2. The SMILES string of the molecule is COc1ccc(C)cc1Nc1ncc(C(=O)N2CCN(C=O)CC2)cn1. The van der Waals surface area contributed by atoms with Crippen molar-refractivity contribution in [1.82, 2.24) is 19.8 Å². The Bertz CT molecular complexity index is 786. The molecule has 3 rings (SSSR count). The molecule has 2 amide bonds. The van der Waals surface area contributed by atoms with Gasteiger partial charge in [-0.2, -0.15) is 0 Å². The van der Waals surface area contributed by atoms with Gasteiger partial charge in [-0.05, 0) is 24.6 Å². The maximum Gasteiger partial charge on any atom is 0.257 e. The number of anilines is 2. The van der Waals surface area contributed by atoms with E-state index in [9.17, 15) is 9.59 Å². The molecule has 8 heteroatoms. The lowest BCUT2D eigenvalue weighted by Crippen LogP contribution is -2.48. The number of carbonyl (C=O) groups is 2. The van der Waals surface area contributed by atoms with Crippen LogP contribution in [0.2, 0.25) is 0 Å². The lowest BCUT2D eigenvalue weighted by atomic mass is 10.2. The summed E-state index contributed by atoms with van der Waals surface area (Å²) >= 11 is 0. The van der Waals surface area contributed by atoms with E-state index >= 15 is 0 Å². The molecule has 0 atom stereocenters. The van der Waals surface area contributed by atoms with Crippen LogP contribution in [-0.2, 0) is 4.79 Å². The Morgan fingerprint density at radius 3 is 2.50 bits per heavy atom. The van der Waals surface area contributed by atoms with Crippen LogP contribution in [0.3, 0.4) is 0 Å². The summed E-state index contributed by atoms with van der Waals surface area (Å²) in [5.74, 6) is 0.943. The normalized spacial score (nSPS) is 14.1. The van der Waals surface area contributed by atoms with Gasteiger partial charge in [0, 0.05) is 38.6 Å². The highest BCUT2D eigenvalue weighted by Crippen LogP contribution is 2.27. The fourth-order valence-corrected chi connectivity index (χ4v) is 2.76. The molecular formula is C18H21N5O3. The first-order valence-corrected chi connectivity index (χ1v) is 8.33. The second-order valence-electron chi connectivity index (χ2n) is 6.06. The quantitative estimate of drug-likeness (QED) is 0.817. The third kappa shape index (κ3) is 3.90. The summed E-state index contributed by atoms with van der Waals surface area (Å²) in [5.41, 5.74) is 2.26. The third-order valence-electron chi connectivity index (χ3n) is 4.25. The van der Waals surface area contributed by atoms with Gasteiger partial charge in [-0.1, -0.05) is 6.07 Å². The summed E-state index contributed by atoms with van der Waals surface area (Å²) in [4.78, 5) is 35.1. The number of ether oxygens (including phenoxy) is 1. The molecule has 1 N–H and O–H groups in total. The number of rotatable bonds is 5. The number of carbonyl (C=O) groups excluding carboxylic acids is 2. The van der Waals surface area contributed by atoms with Crippen LogP contribution in [0, 0.1) is 6.92 Å². The first-order chi connectivity index (χ1) is 12.6. The van der Waals surface area contributed by atoms with Crippen molar-refractivity contribution in [1.29, 1.82) is 0 Å². The van der Waals surface area contributed by atoms with Gasteiger partial charge in [0.05, 0.1) is 18.4 Å². The van der Waals surface area contributed by atoms with Crippen LogP contribution in [0.4, 0.5) is 11.6 Å². The van der Waals surface area contributed by atoms with E-state index in [1.54, 1.807) is 16.9 Å². The number of nitrogens with zero attached hydrogens (tertiary/aromatic N) is 4. The predicted molar refractivity (Wildman–Crippen MR) is 96.6 cm³/mol. The second kappa shape index (κ2) is 7.81. The van der Waals surface area contributed by atoms with Crippen LogP contribution in [0.15, 0.2) is 30.6 Å². The van der Waals surface area contributed by atoms with Crippen molar-refractivity contribution in [3.05, 3.63) is 41.7 Å². The van der Waals surface area contributed by atoms with E-state index in [0.29, 0.717) is 43.4 Å². The van der Waals surface area contributed by atoms with E-state index in [4.69, 9.17) is 4.74 Å². The minimum atomic E-state index is -0.129. The molecule has 1 aliphatic rings. The topological polar surface area (TPSA) is 87.7 Å². The van der Waals surface area contributed by atoms with Crippen LogP contribution in [0.25, 0.3) is 0 Å². The fourth-order valence-electron chi connectivity index (χ4n) is 2.76. The van der Waals surface area contributed by atoms with E-state index < -0.39 is 0 Å². The average Bonchev–Trinajstić information content (AvgIpc) is 2.68. The van der Waals surface area contributed by atoms with Gasteiger partial charge in [0.25, 0.3) is 5.91 Å². The molecule has 0 radical (unpaired) electrons. The van der Waals surface area contributed by atoms with Gasteiger partial charge in [0.1, 0.15) is 5.75 Å². The number of piperazine rings is 1. The molecule has 1 aromatic heterocycles. The fraction of sp³-hybridized carbons (Fsp3) is 0.333. The predicted octanol–water partition coefficient (Wildman–Crippen LogP) is 1.45. The molecule has 1 aliphatic heterocycles. The standard InChI is InChI=1S/C18H21N5O3/c1-13-3-4-16(26-2)15(9-13)21-18-19-10-14(11-20-18)17(25)23-7-5-22(12-24)6-8-23/h3-4,9-12H,5-8H2,1-2H3,(H,19,20,21). The minimum Gasteiger partial charge on any atom is -0.495 e. The highest BCUT2D eigenvalue weighted by atomic mass is 16.5. The number of methoxy groups -OCH3 is 1. The van der Waals surface area contributed by atoms with E-state index in [1.165, 1.54) is 12.4 Å². The highest BCUT2D eigenvalue weighted by Gasteiger charge is 2.21. The number of benzene rings is 1. The number of hydrogen-bond acceptors (Lipinski definition) is 6. The van der Waals surface area contributed by atoms with Gasteiger partial charge < -0.3 is 19.9 Å². The van der Waals surface area contributed by atoms with Crippen LogP contribution < -0.4 is 10.1 Å². The molecule has 136 valence electrons. The van der Waals surface area contributed by atoms with Crippen molar-refractivity contribution in [2.75, 3.05) is 38.6 Å². The zero-order valence-corrected chi connectivity index (χ0v) is 14.8. The molecule has 1 fully saturated rings. The largest absolute Gasteiger partial charge is 0.495 e. The molecule has 1 saturated heterocycles. The summed E-state index contributed by atoms with van der Waals surface area (Å²) < 4.78 is 5.32. The molecule has 0 unspecified atom stereocenters. The summed E-state index contributed by atoms with van der Waals surface area (Å²) in [6.45, 7) is 4.10. The first-order valence-electron chi connectivity index (χ1n) is 8.33. The minimum absolute atomic E-state index is 0.129. The Hall–Kier alpha value is -3.16. The van der Waals surface area contributed by atoms with Crippen molar-refractivity contribution in [2.45, 2.75) is 6.92 Å².